The maximum Gasteiger partial charge on any atom is 0.246 e. The lowest BCUT2D eigenvalue weighted by atomic mass is 10.2. The summed E-state index contributed by atoms with van der Waals surface area (Å²) in [4.78, 5) is 23.0. The molecule has 7 heteroatoms. The van der Waals surface area contributed by atoms with E-state index in [1.807, 2.05) is 0 Å². The molecule has 3 N–H and O–H groups in total. The summed E-state index contributed by atoms with van der Waals surface area (Å²) in [6, 6.07) is 9.06. The van der Waals surface area contributed by atoms with Gasteiger partial charge in [0.2, 0.25) is 11.8 Å². The van der Waals surface area contributed by atoms with Crippen LogP contribution in [0.4, 0.5) is 25.8 Å². The highest BCUT2D eigenvalue weighted by Crippen LogP contribution is 2.17. The normalized spacial score (nSPS) is 11.5. The van der Waals surface area contributed by atoms with Gasteiger partial charge in [-0.15, -0.1) is 0 Å². The molecule has 1 unspecified atom stereocenters. The molecule has 2 aromatic carbocycles. The molecule has 2 rings (SSSR count). The van der Waals surface area contributed by atoms with Gasteiger partial charge in [-0.2, -0.15) is 0 Å². The molecule has 0 aromatic heterocycles. The van der Waals surface area contributed by atoms with Gasteiger partial charge < -0.3 is 16.0 Å². The van der Waals surface area contributed by atoms with Crippen LogP contribution < -0.4 is 16.0 Å². The van der Waals surface area contributed by atoms with Crippen LogP contribution in [0.3, 0.4) is 0 Å². The fourth-order valence-electron chi connectivity index (χ4n) is 2.00. The smallest absolute Gasteiger partial charge is 0.246 e. The molecule has 0 aliphatic heterocycles. The van der Waals surface area contributed by atoms with Crippen LogP contribution in [0.15, 0.2) is 42.5 Å². The Hall–Kier alpha value is -2.96. The first-order chi connectivity index (χ1) is 11.3. The van der Waals surface area contributed by atoms with E-state index < -0.39 is 23.6 Å². The number of carbonyl (C=O) groups excluding carboxylic acids is 2. The molecular formula is C17H17F2N3O2. The predicted molar refractivity (Wildman–Crippen MR) is 88.8 cm³/mol. The first kappa shape index (κ1) is 17.4. The standard InChI is InChI=1S/C17H17F2N3O2/c1-10(17(24)22-16-8-3-12(18)9-15(16)19)20-13-4-6-14(7-5-13)21-11(2)23/h3-10,20H,1-2H3,(H,21,23)(H,22,24). The van der Waals surface area contributed by atoms with Gasteiger partial charge in [-0.25, -0.2) is 8.78 Å². The van der Waals surface area contributed by atoms with E-state index in [1.54, 1.807) is 31.2 Å². The Morgan fingerprint density at radius 3 is 2.17 bits per heavy atom. The summed E-state index contributed by atoms with van der Waals surface area (Å²) in [6.45, 7) is 3.02. The molecule has 0 spiro atoms. The minimum atomic E-state index is -0.838. The SMILES string of the molecule is CC(=O)Nc1ccc(NC(C)C(=O)Nc2ccc(F)cc2F)cc1. The third-order valence-electron chi connectivity index (χ3n) is 3.17. The molecule has 2 amide bonds. The van der Waals surface area contributed by atoms with Crippen molar-refractivity contribution in [1.29, 1.82) is 0 Å². The van der Waals surface area contributed by atoms with Crippen LogP contribution in [0, 0.1) is 11.6 Å². The first-order valence-corrected chi connectivity index (χ1v) is 7.25. The fourth-order valence-corrected chi connectivity index (χ4v) is 2.00. The zero-order valence-corrected chi connectivity index (χ0v) is 13.2. The van der Waals surface area contributed by atoms with Gasteiger partial charge in [0.25, 0.3) is 0 Å². The van der Waals surface area contributed by atoms with Crippen LogP contribution >= 0.6 is 0 Å². The van der Waals surface area contributed by atoms with Crippen molar-refractivity contribution < 1.29 is 18.4 Å². The monoisotopic (exact) mass is 333 g/mol. The van der Waals surface area contributed by atoms with E-state index in [-0.39, 0.29) is 11.6 Å². The maximum atomic E-state index is 13.5. The number of hydrogen-bond donors (Lipinski definition) is 3. The van der Waals surface area contributed by atoms with Crippen LogP contribution in [0.5, 0.6) is 0 Å². The highest BCUT2D eigenvalue weighted by atomic mass is 19.1. The van der Waals surface area contributed by atoms with E-state index in [2.05, 4.69) is 16.0 Å². The molecule has 1 atom stereocenters. The van der Waals surface area contributed by atoms with E-state index in [4.69, 9.17) is 0 Å². The molecule has 0 fully saturated rings. The van der Waals surface area contributed by atoms with Crippen molar-refractivity contribution in [3.05, 3.63) is 54.1 Å². The molecule has 24 heavy (non-hydrogen) atoms. The van der Waals surface area contributed by atoms with E-state index in [0.29, 0.717) is 17.4 Å². The topological polar surface area (TPSA) is 70.2 Å². The molecular weight excluding hydrogens is 316 g/mol. The number of rotatable bonds is 5. The van der Waals surface area contributed by atoms with Gasteiger partial charge in [-0.1, -0.05) is 0 Å². The van der Waals surface area contributed by atoms with Gasteiger partial charge >= 0.3 is 0 Å². The Bertz CT molecular complexity index is 748. The third-order valence-corrected chi connectivity index (χ3v) is 3.17. The second kappa shape index (κ2) is 7.54. The minimum Gasteiger partial charge on any atom is -0.374 e. The Labute approximate surface area is 138 Å². The van der Waals surface area contributed by atoms with Crippen molar-refractivity contribution in [2.75, 3.05) is 16.0 Å². The predicted octanol–water partition coefficient (Wildman–Crippen LogP) is 3.36. The zero-order valence-electron chi connectivity index (χ0n) is 13.2. The highest BCUT2D eigenvalue weighted by Gasteiger charge is 2.15. The summed E-state index contributed by atoms with van der Waals surface area (Å²) in [5.74, 6) is -2.19. The summed E-state index contributed by atoms with van der Waals surface area (Å²) >= 11 is 0. The van der Waals surface area contributed by atoms with Gasteiger partial charge in [-0.3, -0.25) is 9.59 Å². The molecule has 0 aliphatic carbocycles. The number of benzene rings is 2. The van der Waals surface area contributed by atoms with Gasteiger partial charge in [0.1, 0.15) is 17.7 Å². The lowest BCUT2D eigenvalue weighted by Crippen LogP contribution is -2.32. The van der Waals surface area contributed by atoms with Crippen LogP contribution in [0.2, 0.25) is 0 Å². The number of hydrogen-bond acceptors (Lipinski definition) is 3. The second-order valence-electron chi connectivity index (χ2n) is 5.24. The molecule has 0 heterocycles. The second-order valence-corrected chi connectivity index (χ2v) is 5.24. The number of halogens is 2. The molecule has 0 bridgehead atoms. The van der Waals surface area contributed by atoms with E-state index in [9.17, 15) is 18.4 Å². The highest BCUT2D eigenvalue weighted by molar-refractivity contribution is 5.96. The number of nitrogens with one attached hydrogen (secondary N) is 3. The molecule has 0 radical (unpaired) electrons. The van der Waals surface area contributed by atoms with Crippen LogP contribution in [-0.4, -0.2) is 17.9 Å². The quantitative estimate of drug-likeness (QED) is 0.786. The first-order valence-electron chi connectivity index (χ1n) is 7.25. The van der Waals surface area contributed by atoms with Crippen molar-refractivity contribution in [2.45, 2.75) is 19.9 Å². The molecule has 126 valence electrons. The molecule has 2 aromatic rings. The van der Waals surface area contributed by atoms with Crippen molar-refractivity contribution in [3.8, 4) is 0 Å². The van der Waals surface area contributed by atoms with E-state index >= 15 is 0 Å². The number of anilines is 3. The van der Waals surface area contributed by atoms with Crippen LogP contribution in [0.25, 0.3) is 0 Å². The lowest BCUT2D eigenvalue weighted by molar-refractivity contribution is -0.116. The summed E-state index contributed by atoms with van der Waals surface area (Å²) < 4.78 is 26.4. The van der Waals surface area contributed by atoms with Gasteiger partial charge in [-0.05, 0) is 43.3 Å². The third kappa shape index (κ3) is 4.77. The Morgan fingerprint density at radius 2 is 1.58 bits per heavy atom. The number of carbonyl (C=O) groups is 2. The average molecular weight is 333 g/mol. The molecule has 5 nitrogen and oxygen atoms in total. The minimum absolute atomic E-state index is 0.0870. The number of amides is 2. The Morgan fingerprint density at radius 1 is 0.958 bits per heavy atom. The Kier molecular flexibility index (Phi) is 5.47. The Balaban J connectivity index is 1.97. The fraction of sp³-hybridized carbons (Fsp3) is 0.176. The van der Waals surface area contributed by atoms with Crippen LogP contribution in [-0.2, 0) is 9.59 Å². The van der Waals surface area contributed by atoms with Crippen molar-refractivity contribution in [2.24, 2.45) is 0 Å². The molecule has 0 saturated heterocycles. The summed E-state index contributed by atoms with van der Waals surface area (Å²) in [5.41, 5.74) is 1.21. The van der Waals surface area contributed by atoms with Gasteiger partial charge in [0.15, 0.2) is 0 Å². The summed E-state index contributed by atoms with van der Waals surface area (Å²) in [7, 11) is 0. The van der Waals surface area contributed by atoms with Crippen LogP contribution in [0.1, 0.15) is 13.8 Å². The largest absolute Gasteiger partial charge is 0.374 e. The van der Waals surface area contributed by atoms with Crippen molar-refractivity contribution in [1.82, 2.24) is 0 Å². The zero-order chi connectivity index (χ0) is 17.7. The molecule has 0 saturated carbocycles. The molecule has 0 aliphatic rings. The maximum absolute atomic E-state index is 13.5. The van der Waals surface area contributed by atoms with Gasteiger partial charge in [0, 0.05) is 24.4 Å². The van der Waals surface area contributed by atoms with E-state index in [0.717, 1.165) is 12.1 Å². The van der Waals surface area contributed by atoms with Gasteiger partial charge in [0.05, 0.1) is 5.69 Å². The van der Waals surface area contributed by atoms with Crippen molar-refractivity contribution in [3.63, 3.8) is 0 Å². The summed E-state index contributed by atoms with van der Waals surface area (Å²) in [5, 5.41) is 7.98. The van der Waals surface area contributed by atoms with Crippen molar-refractivity contribution >= 4 is 28.9 Å². The average Bonchev–Trinajstić information content (AvgIpc) is 2.51. The lowest BCUT2D eigenvalue weighted by Gasteiger charge is -2.16. The van der Waals surface area contributed by atoms with E-state index in [1.165, 1.54) is 6.92 Å². The summed E-state index contributed by atoms with van der Waals surface area (Å²) in [6.07, 6.45) is 0.